The molecule has 1 atom stereocenters. The van der Waals surface area contributed by atoms with Gasteiger partial charge in [0.1, 0.15) is 0 Å². The van der Waals surface area contributed by atoms with E-state index in [2.05, 4.69) is 33.2 Å². The molecule has 0 aromatic heterocycles. The summed E-state index contributed by atoms with van der Waals surface area (Å²) < 4.78 is 1.04. The van der Waals surface area contributed by atoms with Gasteiger partial charge in [-0.2, -0.15) is 0 Å². The van der Waals surface area contributed by atoms with Crippen molar-refractivity contribution in [3.8, 4) is 0 Å². The molecule has 1 unspecified atom stereocenters. The zero-order chi connectivity index (χ0) is 12.7. The van der Waals surface area contributed by atoms with Gasteiger partial charge < -0.3 is 15.7 Å². The lowest BCUT2D eigenvalue weighted by Crippen LogP contribution is -2.34. The summed E-state index contributed by atoms with van der Waals surface area (Å²) in [5, 5.41) is 14.9. The molecule has 0 saturated heterocycles. The van der Waals surface area contributed by atoms with Gasteiger partial charge >= 0.3 is 0 Å². The van der Waals surface area contributed by atoms with Gasteiger partial charge in [-0.1, -0.05) is 6.07 Å². The third-order valence-electron chi connectivity index (χ3n) is 2.11. The molecule has 1 rings (SSSR count). The zero-order valence-corrected chi connectivity index (χ0v) is 11.9. The molecular formula is C12H17IN2O2. The van der Waals surface area contributed by atoms with Crippen molar-refractivity contribution in [3.05, 3.63) is 33.4 Å². The maximum Gasteiger partial charge on any atom is 0.251 e. The summed E-state index contributed by atoms with van der Waals surface area (Å²) in [6.07, 6.45) is -0.360. The largest absolute Gasteiger partial charge is 0.392 e. The van der Waals surface area contributed by atoms with Crippen molar-refractivity contribution < 1.29 is 9.90 Å². The lowest BCUT2D eigenvalue weighted by atomic mass is 10.2. The van der Waals surface area contributed by atoms with Gasteiger partial charge in [0.25, 0.3) is 5.91 Å². The fourth-order valence-electron chi connectivity index (χ4n) is 1.31. The molecule has 0 radical (unpaired) electrons. The third-order valence-corrected chi connectivity index (χ3v) is 2.78. The van der Waals surface area contributed by atoms with E-state index in [1.165, 1.54) is 0 Å². The maximum atomic E-state index is 11.7. The molecule has 0 heterocycles. The highest BCUT2D eigenvalue weighted by atomic mass is 127. The molecule has 0 spiro atoms. The Bertz CT molecular complexity index is 369. The van der Waals surface area contributed by atoms with Crippen LogP contribution < -0.4 is 10.6 Å². The first-order chi connectivity index (χ1) is 8.09. The number of rotatable bonds is 6. The van der Waals surface area contributed by atoms with Gasteiger partial charge in [0, 0.05) is 28.8 Å². The Kier molecular flexibility index (Phi) is 6.46. The van der Waals surface area contributed by atoms with E-state index in [9.17, 15) is 4.79 Å². The number of halogens is 1. The highest BCUT2D eigenvalue weighted by Crippen LogP contribution is 2.07. The van der Waals surface area contributed by atoms with Gasteiger partial charge in [-0.25, -0.2) is 0 Å². The van der Waals surface area contributed by atoms with Crippen LogP contribution in [0.15, 0.2) is 24.3 Å². The molecule has 3 N–H and O–H groups in total. The molecule has 0 aliphatic heterocycles. The minimum atomic E-state index is -0.360. The number of aliphatic hydroxyl groups is 1. The minimum Gasteiger partial charge on any atom is -0.392 e. The van der Waals surface area contributed by atoms with Crippen molar-refractivity contribution in [3.63, 3.8) is 0 Å². The van der Waals surface area contributed by atoms with Crippen LogP contribution in [0.25, 0.3) is 0 Å². The van der Waals surface area contributed by atoms with Gasteiger partial charge in [0.05, 0.1) is 6.10 Å². The molecule has 0 aliphatic carbocycles. The first-order valence-corrected chi connectivity index (χ1v) is 6.60. The number of amides is 1. The first-order valence-electron chi connectivity index (χ1n) is 5.52. The van der Waals surface area contributed by atoms with E-state index in [0.29, 0.717) is 25.2 Å². The van der Waals surface area contributed by atoms with Crippen LogP contribution in [0, 0.1) is 3.57 Å². The Balaban J connectivity index is 2.26. The second kappa shape index (κ2) is 7.62. The first kappa shape index (κ1) is 14.4. The molecular weight excluding hydrogens is 331 g/mol. The number of hydrogen-bond acceptors (Lipinski definition) is 3. The van der Waals surface area contributed by atoms with Gasteiger partial charge in [-0.3, -0.25) is 4.79 Å². The Morgan fingerprint density at radius 2 is 2.24 bits per heavy atom. The molecule has 5 heteroatoms. The van der Waals surface area contributed by atoms with Crippen molar-refractivity contribution in [2.75, 3.05) is 19.6 Å². The second-order valence-electron chi connectivity index (χ2n) is 3.82. The van der Waals surface area contributed by atoms with Crippen LogP contribution in [0.2, 0.25) is 0 Å². The molecule has 0 aliphatic rings. The standard InChI is InChI=1S/C12H17IN2O2/c1-9(16)8-14-5-6-15-12(17)10-3-2-4-11(13)7-10/h2-4,7,9,14,16H,5-6,8H2,1H3,(H,15,17). The number of carbonyl (C=O) groups excluding carboxylic acids is 1. The summed E-state index contributed by atoms with van der Waals surface area (Å²) in [6, 6.07) is 7.45. The molecule has 17 heavy (non-hydrogen) atoms. The molecule has 0 saturated carbocycles. The van der Waals surface area contributed by atoms with Gasteiger partial charge in [-0.05, 0) is 47.7 Å². The normalized spacial score (nSPS) is 12.2. The maximum absolute atomic E-state index is 11.7. The minimum absolute atomic E-state index is 0.0673. The number of nitrogens with one attached hydrogen (secondary N) is 2. The van der Waals surface area contributed by atoms with Crippen LogP contribution in [0.1, 0.15) is 17.3 Å². The lowest BCUT2D eigenvalue weighted by Gasteiger charge is -2.08. The molecule has 94 valence electrons. The number of aliphatic hydroxyl groups excluding tert-OH is 1. The van der Waals surface area contributed by atoms with E-state index in [1.54, 1.807) is 13.0 Å². The Labute approximate surface area is 115 Å². The smallest absolute Gasteiger partial charge is 0.251 e. The van der Waals surface area contributed by atoms with Gasteiger partial charge in [0.2, 0.25) is 0 Å². The number of benzene rings is 1. The zero-order valence-electron chi connectivity index (χ0n) is 9.74. The van der Waals surface area contributed by atoms with Crippen molar-refractivity contribution in [1.29, 1.82) is 0 Å². The second-order valence-corrected chi connectivity index (χ2v) is 5.07. The van der Waals surface area contributed by atoms with E-state index >= 15 is 0 Å². The average Bonchev–Trinajstić information content (AvgIpc) is 2.28. The molecule has 4 nitrogen and oxygen atoms in total. The van der Waals surface area contributed by atoms with E-state index in [0.717, 1.165) is 3.57 Å². The van der Waals surface area contributed by atoms with E-state index < -0.39 is 0 Å². The monoisotopic (exact) mass is 348 g/mol. The van der Waals surface area contributed by atoms with E-state index in [1.807, 2.05) is 18.2 Å². The van der Waals surface area contributed by atoms with Crippen molar-refractivity contribution in [2.45, 2.75) is 13.0 Å². The summed E-state index contributed by atoms with van der Waals surface area (Å²) in [5.74, 6) is -0.0673. The van der Waals surface area contributed by atoms with Crippen LogP contribution in [-0.4, -0.2) is 36.8 Å². The topological polar surface area (TPSA) is 61.4 Å². The highest BCUT2D eigenvalue weighted by Gasteiger charge is 2.04. The van der Waals surface area contributed by atoms with Crippen molar-refractivity contribution >= 4 is 28.5 Å². The third kappa shape index (κ3) is 5.99. The molecule has 0 bridgehead atoms. The lowest BCUT2D eigenvalue weighted by molar-refractivity contribution is 0.0953. The quantitative estimate of drug-likeness (QED) is 0.531. The molecule has 1 aromatic rings. The predicted molar refractivity (Wildman–Crippen MR) is 76.0 cm³/mol. The van der Waals surface area contributed by atoms with E-state index in [-0.39, 0.29) is 12.0 Å². The highest BCUT2D eigenvalue weighted by molar-refractivity contribution is 14.1. The summed E-state index contributed by atoms with van der Waals surface area (Å²) in [6.45, 7) is 3.47. The number of hydrogen-bond donors (Lipinski definition) is 3. The van der Waals surface area contributed by atoms with Crippen LogP contribution in [0.4, 0.5) is 0 Å². The molecule has 1 aromatic carbocycles. The SMILES string of the molecule is CC(O)CNCCNC(=O)c1cccc(I)c1. The van der Waals surface area contributed by atoms with Crippen LogP contribution in [-0.2, 0) is 0 Å². The van der Waals surface area contributed by atoms with Gasteiger partial charge in [0.15, 0.2) is 0 Å². The summed E-state index contributed by atoms with van der Waals surface area (Å²) in [7, 11) is 0. The van der Waals surface area contributed by atoms with Crippen LogP contribution in [0.5, 0.6) is 0 Å². The number of carbonyl (C=O) groups is 1. The summed E-state index contributed by atoms with van der Waals surface area (Å²) in [4.78, 5) is 11.7. The van der Waals surface area contributed by atoms with Crippen LogP contribution >= 0.6 is 22.6 Å². The van der Waals surface area contributed by atoms with Crippen molar-refractivity contribution in [1.82, 2.24) is 10.6 Å². The van der Waals surface area contributed by atoms with Gasteiger partial charge in [-0.15, -0.1) is 0 Å². The average molecular weight is 348 g/mol. The summed E-state index contributed by atoms with van der Waals surface area (Å²) in [5.41, 5.74) is 0.674. The summed E-state index contributed by atoms with van der Waals surface area (Å²) >= 11 is 2.18. The van der Waals surface area contributed by atoms with Crippen LogP contribution in [0.3, 0.4) is 0 Å². The fourth-order valence-corrected chi connectivity index (χ4v) is 1.85. The Morgan fingerprint density at radius 1 is 1.47 bits per heavy atom. The van der Waals surface area contributed by atoms with E-state index in [4.69, 9.17) is 5.11 Å². The Hall–Kier alpha value is -0.660. The molecule has 0 fully saturated rings. The molecule has 1 amide bonds. The fraction of sp³-hybridized carbons (Fsp3) is 0.417. The predicted octanol–water partition coefficient (Wildman–Crippen LogP) is 0.991. The Morgan fingerprint density at radius 3 is 2.88 bits per heavy atom. The van der Waals surface area contributed by atoms with Crippen molar-refractivity contribution in [2.24, 2.45) is 0 Å².